The molecule has 0 N–H and O–H groups in total. The van der Waals surface area contributed by atoms with Gasteiger partial charge in [0.15, 0.2) is 0 Å². The zero-order valence-electron chi connectivity index (χ0n) is 8.57. The molecule has 0 aromatic carbocycles. The number of halogens is 8. The summed E-state index contributed by atoms with van der Waals surface area (Å²) in [5.74, 6) is -5.77. The van der Waals surface area contributed by atoms with E-state index in [2.05, 4.69) is 4.98 Å². The van der Waals surface area contributed by atoms with Gasteiger partial charge in [-0.3, -0.25) is 4.98 Å². The number of alkyl halides is 8. The van der Waals surface area contributed by atoms with Gasteiger partial charge in [0.2, 0.25) is 0 Å². The van der Waals surface area contributed by atoms with E-state index in [1.54, 1.807) is 0 Å². The number of hydrogen-bond acceptors (Lipinski definition) is 2. The molecule has 1 heterocycles. The Morgan fingerprint density at radius 2 is 1.53 bits per heavy atom. The van der Waals surface area contributed by atoms with E-state index in [9.17, 15) is 35.1 Å². The van der Waals surface area contributed by atoms with Crippen LogP contribution in [-0.4, -0.2) is 11.2 Å². The van der Waals surface area contributed by atoms with E-state index in [0.29, 0.717) is 0 Å². The van der Waals surface area contributed by atoms with Crippen molar-refractivity contribution in [2.24, 2.45) is 0 Å². The third kappa shape index (κ3) is 2.74. The molecule has 1 aromatic rings. The van der Waals surface area contributed by atoms with Crippen molar-refractivity contribution in [2.75, 3.05) is 0 Å². The fourth-order valence-electron chi connectivity index (χ4n) is 1.13. The second kappa shape index (κ2) is 4.32. The molecular formula is C9H2F8N2. The summed E-state index contributed by atoms with van der Waals surface area (Å²) in [6.45, 7) is 0. The molecule has 19 heavy (non-hydrogen) atoms. The average molecular weight is 290 g/mol. The maximum atomic E-state index is 12.9. The number of aromatic nitrogens is 1. The van der Waals surface area contributed by atoms with Crippen LogP contribution in [0, 0.1) is 11.3 Å². The number of hydrogen-bond donors (Lipinski definition) is 0. The molecule has 0 fully saturated rings. The third-order valence-corrected chi connectivity index (χ3v) is 1.98. The quantitative estimate of drug-likeness (QED) is 0.741. The van der Waals surface area contributed by atoms with E-state index >= 15 is 0 Å². The van der Waals surface area contributed by atoms with Gasteiger partial charge in [0.05, 0.1) is 11.1 Å². The number of rotatable bonds is 1. The molecule has 2 nitrogen and oxygen atoms in total. The lowest BCUT2D eigenvalue weighted by Crippen LogP contribution is -2.36. The topological polar surface area (TPSA) is 36.7 Å². The van der Waals surface area contributed by atoms with E-state index in [0.717, 1.165) is 0 Å². The van der Waals surface area contributed by atoms with E-state index in [-0.39, 0.29) is 12.3 Å². The van der Waals surface area contributed by atoms with Crippen LogP contribution < -0.4 is 0 Å². The van der Waals surface area contributed by atoms with Crippen molar-refractivity contribution in [3.8, 4) is 6.07 Å². The van der Waals surface area contributed by atoms with Crippen LogP contribution in [0.5, 0.6) is 0 Å². The minimum Gasteiger partial charge on any atom is -0.253 e. The number of nitriles is 1. The van der Waals surface area contributed by atoms with Crippen LogP contribution >= 0.6 is 0 Å². The van der Waals surface area contributed by atoms with Crippen molar-refractivity contribution in [1.29, 1.82) is 5.26 Å². The maximum absolute atomic E-state index is 12.9. The normalized spacial score (nSPS) is 13.2. The summed E-state index contributed by atoms with van der Waals surface area (Å²) in [4.78, 5) is 2.44. The maximum Gasteiger partial charge on any atom is 0.459 e. The molecule has 0 saturated carbocycles. The monoisotopic (exact) mass is 290 g/mol. The Kier molecular flexibility index (Phi) is 3.45. The Morgan fingerprint density at radius 3 is 1.89 bits per heavy atom. The van der Waals surface area contributed by atoms with Gasteiger partial charge in [-0.1, -0.05) is 0 Å². The van der Waals surface area contributed by atoms with Crippen molar-refractivity contribution in [1.82, 2.24) is 4.98 Å². The van der Waals surface area contributed by atoms with Crippen molar-refractivity contribution in [3.63, 3.8) is 0 Å². The summed E-state index contributed by atoms with van der Waals surface area (Å²) in [6, 6.07) is 1.06. The summed E-state index contributed by atoms with van der Waals surface area (Å²) in [5, 5.41) is 8.31. The van der Waals surface area contributed by atoms with Crippen LogP contribution in [0.3, 0.4) is 0 Å². The molecule has 1 rings (SSSR count). The van der Waals surface area contributed by atoms with E-state index in [1.807, 2.05) is 0 Å². The van der Waals surface area contributed by atoms with Crippen molar-refractivity contribution in [3.05, 3.63) is 29.1 Å². The molecule has 0 aliphatic heterocycles. The van der Waals surface area contributed by atoms with E-state index < -0.39 is 35.1 Å². The predicted octanol–water partition coefficient (Wildman–Crippen LogP) is 3.63. The minimum atomic E-state index is -6.23. The van der Waals surface area contributed by atoms with Gasteiger partial charge in [0.1, 0.15) is 11.8 Å². The first-order valence-electron chi connectivity index (χ1n) is 4.33. The fraction of sp³-hybridized carbons (Fsp3) is 0.333. The Bertz CT molecular complexity index is 522. The van der Waals surface area contributed by atoms with Gasteiger partial charge in [-0.15, -0.1) is 0 Å². The third-order valence-electron chi connectivity index (χ3n) is 1.98. The van der Waals surface area contributed by atoms with Crippen molar-refractivity contribution in [2.45, 2.75) is 18.3 Å². The molecule has 0 saturated heterocycles. The standard InChI is InChI=1S/C9H2F8N2/c10-7(11,9(15,16)17)6-5(8(12,13)14)1-4(2-18)3-19-6/h1,3H. The highest BCUT2D eigenvalue weighted by molar-refractivity contribution is 5.37. The van der Waals surface area contributed by atoms with Gasteiger partial charge < -0.3 is 0 Å². The summed E-state index contributed by atoms with van der Waals surface area (Å²) in [7, 11) is 0. The summed E-state index contributed by atoms with van der Waals surface area (Å²) >= 11 is 0. The highest BCUT2D eigenvalue weighted by Crippen LogP contribution is 2.47. The SMILES string of the molecule is N#Cc1cnc(C(F)(F)C(F)(F)F)c(C(F)(F)F)c1. The fourth-order valence-corrected chi connectivity index (χ4v) is 1.13. The van der Waals surface area contributed by atoms with E-state index in [4.69, 9.17) is 5.26 Å². The van der Waals surface area contributed by atoms with Crippen LogP contribution in [0.4, 0.5) is 35.1 Å². The molecule has 104 valence electrons. The Hall–Kier alpha value is -1.92. The average Bonchev–Trinajstić information content (AvgIpc) is 2.25. The molecule has 0 aliphatic carbocycles. The van der Waals surface area contributed by atoms with Gasteiger partial charge in [0.25, 0.3) is 0 Å². The zero-order chi connectivity index (χ0) is 15.1. The van der Waals surface area contributed by atoms with Gasteiger partial charge in [-0.05, 0) is 6.07 Å². The van der Waals surface area contributed by atoms with Crippen LogP contribution in [0.15, 0.2) is 12.3 Å². The number of nitrogens with zero attached hydrogens (tertiary/aromatic N) is 2. The summed E-state index contributed by atoms with van der Waals surface area (Å²) < 4.78 is 99.3. The first-order chi connectivity index (χ1) is 8.41. The molecule has 0 unspecified atom stereocenters. The molecule has 0 amide bonds. The van der Waals surface area contributed by atoms with Gasteiger partial charge in [-0.2, -0.15) is 40.4 Å². The minimum absolute atomic E-state index is 0.109. The molecule has 0 bridgehead atoms. The molecular weight excluding hydrogens is 288 g/mol. The van der Waals surface area contributed by atoms with E-state index in [1.165, 1.54) is 6.07 Å². The first-order valence-corrected chi connectivity index (χ1v) is 4.33. The molecule has 1 aromatic heterocycles. The molecule has 10 heteroatoms. The highest BCUT2D eigenvalue weighted by atomic mass is 19.4. The van der Waals surface area contributed by atoms with Crippen LogP contribution in [0.2, 0.25) is 0 Å². The summed E-state index contributed by atoms with van der Waals surface area (Å²) in [6.07, 6.45) is -11.5. The van der Waals surface area contributed by atoms with Gasteiger partial charge >= 0.3 is 18.3 Å². The Balaban J connectivity index is 3.58. The lowest BCUT2D eigenvalue weighted by molar-refractivity contribution is -0.292. The van der Waals surface area contributed by atoms with Crippen molar-refractivity contribution >= 4 is 0 Å². The predicted molar refractivity (Wildman–Crippen MR) is 43.9 cm³/mol. The largest absolute Gasteiger partial charge is 0.459 e. The second-order valence-electron chi connectivity index (χ2n) is 3.30. The molecule has 0 radical (unpaired) electrons. The van der Waals surface area contributed by atoms with Crippen LogP contribution in [-0.2, 0) is 12.1 Å². The molecule has 0 aliphatic rings. The Labute approximate surface area is 99.8 Å². The highest BCUT2D eigenvalue weighted by Gasteiger charge is 2.62. The first kappa shape index (κ1) is 15.1. The van der Waals surface area contributed by atoms with Crippen molar-refractivity contribution < 1.29 is 35.1 Å². The lowest BCUT2D eigenvalue weighted by Gasteiger charge is -2.22. The number of pyridine rings is 1. The molecule has 0 spiro atoms. The van der Waals surface area contributed by atoms with Gasteiger partial charge in [0, 0.05) is 6.20 Å². The van der Waals surface area contributed by atoms with Crippen LogP contribution in [0.25, 0.3) is 0 Å². The lowest BCUT2D eigenvalue weighted by atomic mass is 10.1. The molecule has 0 atom stereocenters. The van der Waals surface area contributed by atoms with Crippen LogP contribution in [0.1, 0.15) is 16.8 Å². The smallest absolute Gasteiger partial charge is 0.253 e. The van der Waals surface area contributed by atoms with Gasteiger partial charge in [-0.25, -0.2) is 0 Å². The zero-order valence-corrected chi connectivity index (χ0v) is 8.57. The summed E-state index contributed by atoms with van der Waals surface area (Å²) in [5.41, 5.74) is -5.56. The Morgan fingerprint density at radius 1 is 1.00 bits per heavy atom. The second-order valence-corrected chi connectivity index (χ2v) is 3.30.